The van der Waals surface area contributed by atoms with Gasteiger partial charge in [0.05, 0.1) is 13.2 Å². The summed E-state index contributed by atoms with van der Waals surface area (Å²) in [5, 5.41) is 3.34. The van der Waals surface area contributed by atoms with Crippen LogP contribution >= 0.6 is 0 Å². The number of carbonyl (C=O) groups is 1. The molecule has 1 N–H and O–H groups in total. The lowest BCUT2D eigenvalue weighted by Crippen LogP contribution is -2.39. The molecule has 1 spiro atoms. The summed E-state index contributed by atoms with van der Waals surface area (Å²) in [6.07, 6.45) is 10.9. The maximum atomic E-state index is 11.3. The normalized spacial score (nSPS) is 24.1. The van der Waals surface area contributed by atoms with E-state index >= 15 is 0 Å². The first-order valence-corrected chi connectivity index (χ1v) is 7.13. The van der Waals surface area contributed by atoms with Crippen molar-refractivity contribution < 1.29 is 9.53 Å². The summed E-state index contributed by atoms with van der Waals surface area (Å²) in [5.41, 5.74) is 0.683. The van der Waals surface area contributed by atoms with Crippen LogP contribution in [0, 0.1) is 5.41 Å². The molecule has 0 bridgehead atoms. The smallest absolute Gasteiger partial charge is 0.319 e. The summed E-state index contributed by atoms with van der Waals surface area (Å²) in [6, 6.07) is 0.533. The molecule has 98 valence electrons. The first-order chi connectivity index (χ1) is 8.24. The van der Waals surface area contributed by atoms with Crippen molar-refractivity contribution >= 4 is 5.97 Å². The molecule has 0 aromatic heterocycles. The van der Waals surface area contributed by atoms with Crippen molar-refractivity contribution in [3.63, 3.8) is 0 Å². The van der Waals surface area contributed by atoms with E-state index in [0.717, 1.165) is 0 Å². The van der Waals surface area contributed by atoms with Crippen LogP contribution in [0.5, 0.6) is 0 Å². The summed E-state index contributed by atoms with van der Waals surface area (Å²) >= 11 is 0. The van der Waals surface area contributed by atoms with Gasteiger partial charge in [-0.25, -0.2) is 0 Å². The van der Waals surface area contributed by atoms with Crippen molar-refractivity contribution in [2.75, 3.05) is 13.2 Å². The van der Waals surface area contributed by atoms with Gasteiger partial charge in [0.25, 0.3) is 0 Å². The molecule has 0 saturated heterocycles. The Morgan fingerprint density at radius 3 is 2.47 bits per heavy atom. The minimum absolute atomic E-state index is 0.117. The summed E-state index contributed by atoms with van der Waals surface area (Å²) < 4.78 is 4.92. The predicted molar refractivity (Wildman–Crippen MR) is 67.8 cm³/mol. The molecule has 2 aliphatic carbocycles. The Morgan fingerprint density at radius 1 is 1.24 bits per heavy atom. The number of hydrogen-bond donors (Lipinski definition) is 1. The minimum atomic E-state index is -0.117. The third kappa shape index (κ3) is 3.44. The van der Waals surface area contributed by atoms with Gasteiger partial charge in [-0.1, -0.05) is 12.8 Å². The maximum absolute atomic E-state index is 11.3. The van der Waals surface area contributed by atoms with Crippen molar-refractivity contribution in [3.8, 4) is 0 Å². The highest BCUT2D eigenvalue weighted by molar-refractivity contribution is 5.71. The average Bonchev–Trinajstić information content (AvgIpc) is 2.78. The van der Waals surface area contributed by atoms with Crippen molar-refractivity contribution in [2.24, 2.45) is 5.41 Å². The van der Waals surface area contributed by atoms with Crippen molar-refractivity contribution in [1.82, 2.24) is 5.32 Å². The maximum Gasteiger partial charge on any atom is 0.319 e. The molecule has 0 aromatic carbocycles. The molecule has 3 nitrogen and oxygen atoms in total. The van der Waals surface area contributed by atoms with Gasteiger partial charge in [-0.3, -0.25) is 4.79 Å². The molecule has 2 rings (SSSR count). The monoisotopic (exact) mass is 239 g/mol. The second-order valence-electron chi connectivity index (χ2n) is 5.67. The van der Waals surface area contributed by atoms with Crippen LogP contribution in [0.3, 0.4) is 0 Å². The number of hydrogen-bond acceptors (Lipinski definition) is 3. The highest BCUT2D eigenvalue weighted by atomic mass is 16.5. The second kappa shape index (κ2) is 5.85. The highest BCUT2D eigenvalue weighted by Crippen LogP contribution is 2.48. The Morgan fingerprint density at radius 2 is 1.88 bits per heavy atom. The molecule has 0 unspecified atom stereocenters. The van der Waals surface area contributed by atoms with E-state index in [9.17, 15) is 4.79 Å². The molecule has 2 saturated carbocycles. The summed E-state index contributed by atoms with van der Waals surface area (Å²) in [4.78, 5) is 11.3. The molecule has 0 aliphatic heterocycles. The van der Waals surface area contributed by atoms with Crippen LogP contribution < -0.4 is 5.32 Å². The average molecular weight is 239 g/mol. The molecule has 0 amide bonds. The largest absolute Gasteiger partial charge is 0.465 e. The molecule has 2 fully saturated rings. The van der Waals surface area contributed by atoms with Gasteiger partial charge in [-0.15, -0.1) is 0 Å². The van der Waals surface area contributed by atoms with Crippen LogP contribution in [0.1, 0.15) is 58.3 Å². The van der Waals surface area contributed by atoms with Gasteiger partial charge in [0.2, 0.25) is 0 Å². The van der Waals surface area contributed by atoms with Gasteiger partial charge in [0.15, 0.2) is 0 Å². The van der Waals surface area contributed by atoms with Gasteiger partial charge in [0, 0.05) is 6.04 Å². The minimum Gasteiger partial charge on any atom is -0.465 e. The van der Waals surface area contributed by atoms with Crippen LogP contribution in [0.4, 0.5) is 0 Å². The van der Waals surface area contributed by atoms with E-state index in [0.29, 0.717) is 24.6 Å². The zero-order valence-electron chi connectivity index (χ0n) is 11.0. The lowest BCUT2D eigenvalue weighted by Gasteiger charge is -2.37. The fourth-order valence-electron chi connectivity index (χ4n) is 3.50. The molecule has 0 radical (unpaired) electrons. The lowest BCUT2D eigenvalue weighted by molar-refractivity contribution is -0.142. The summed E-state index contributed by atoms with van der Waals surface area (Å²) in [5.74, 6) is -0.117. The van der Waals surface area contributed by atoms with E-state index in [1.54, 1.807) is 0 Å². The van der Waals surface area contributed by atoms with Gasteiger partial charge in [-0.2, -0.15) is 0 Å². The molecule has 0 heterocycles. The van der Waals surface area contributed by atoms with Crippen molar-refractivity contribution in [3.05, 3.63) is 0 Å². The Labute approximate surface area is 104 Å². The highest BCUT2D eigenvalue weighted by Gasteiger charge is 2.37. The first-order valence-electron chi connectivity index (χ1n) is 7.13. The van der Waals surface area contributed by atoms with E-state index < -0.39 is 0 Å². The van der Waals surface area contributed by atoms with E-state index in [1.807, 2.05) is 6.92 Å². The summed E-state index contributed by atoms with van der Waals surface area (Å²) in [7, 11) is 0. The quantitative estimate of drug-likeness (QED) is 0.766. The fourth-order valence-corrected chi connectivity index (χ4v) is 3.50. The number of ether oxygens (including phenoxy) is 1. The molecule has 2 aliphatic rings. The number of carbonyl (C=O) groups excluding carboxylic acids is 1. The van der Waals surface area contributed by atoms with Crippen LogP contribution in [-0.4, -0.2) is 25.2 Å². The van der Waals surface area contributed by atoms with Gasteiger partial charge in [-0.05, 0) is 50.9 Å². The SMILES string of the molecule is CCOC(=O)CNC1CCC2(CCCC2)CC1. The predicted octanol–water partition coefficient (Wildman–Crippen LogP) is 2.64. The molecule has 0 aromatic rings. The van der Waals surface area contributed by atoms with Crippen molar-refractivity contribution in [1.29, 1.82) is 0 Å². The van der Waals surface area contributed by atoms with E-state index in [-0.39, 0.29) is 5.97 Å². The van der Waals surface area contributed by atoms with Crippen LogP contribution in [-0.2, 0) is 9.53 Å². The van der Waals surface area contributed by atoms with E-state index in [2.05, 4.69) is 5.32 Å². The van der Waals surface area contributed by atoms with Gasteiger partial charge in [0.1, 0.15) is 0 Å². The molecular weight excluding hydrogens is 214 g/mol. The Kier molecular flexibility index (Phi) is 4.43. The third-order valence-corrected chi connectivity index (χ3v) is 4.55. The fraction of sp³-hybridized carbons (Fsp3) is 0.929. The van der Waals surface area contributed by atoms with Crippen molar-refractivity contribution in [2.45, 2.75) is 64.3 Å². The van der Waals surface area contributed by atoms with Gasteiger partial charge < -0.3 is 10.1 Å². The van der Waals surface area contributed by atoms with Crippen LogP contribution in [0.2, 0.25) is 0 Å². The third-order valence-electron chi connectivity index (χ3n) is 4.55. The Bertz CT molecular complexity index is 249. The number of esters is 1. The molecule has 0 atom stereocenters. The van der Waals surface area contributed by atoms with Crippen LogP contribution in [0.25, 0.3) is 0 Å². The summed E-state index contributed by atoms with van der Waals surface area (Å²) in [6.45, 7) is 2.71. The van der Waals surface area contributed by atoms with E-state index in [1.165, 1.54) is 51.4 Å². The zero-order valence-corrected chi connectivity index (χ0v) is 11.0. The Hall–Kier alpha value is -0.570. The molecule has 17 heavy (non-hydrogen) atoms. The first kappa shape index (κ1) is 12.9. The van der Waals surface area contributed by atoms with Gasteiger partial charge >= 0.3 is 5.97 Å². The van der Waals surface area contributed by atoms with E-state index in [4.69, 9.17) is 4.74 Å². The second-order valence-corrected chi connectivity index (χ2v) is 5.67. The van der Waals surface area contributed by atoms with Crippen LogP contribution in [0.15, 0.2) is 0 Å². The molecule has 3 heteroatoms. The number of nitrogens with one attached hydrogen (secondary N) is 1. The zero-order chi connectivity index (χ0) is 12.1. The number of rotatable bonds is 4. The molecular formula is C14H25NO2. The Balaban J connectivity index is 1.67. The lowest BCUT2D eigenvalue weighted by atomic mass is 9.71. The topological polar surface area (TPSA) is 38.3 Å². The standard InChI is InChI=1S/C14H25NO2/c1-2-17-13(16)11-15-12-5-9-14(10-6-12)7-3-4-8-14/h12,15H,2-11H2,1H3.